The third-order valence-corrected chi connectivity index (χ3v) is 5.90. The number of benzene rings is 2. The van der Waals surface area contributed by atoms with Crippen molar-refractivity contribution in [2.45, 2.75) is 0 Å². The van der Waals surface area contributed by atoms with Crippen LogP contribution in [0.5, 0.6) is 0 Å². The largest absolute Gasteiger partial charge is 0.411 e. The first kappa shape index (κ1) is 14.2. The molecule has 4 aromatic rings. The van der Waals surface area contributed by atoms with E-state index in [9.17, 15) is 0 Å². The summed E-state index contributed by atoms with van der Waals surface area (Å²) in [5.41, 5.74) is 2.30. The Morgan fingerprint density at radius 1 is 0.957 bits per heavy atom. The molecular weight excluding hydrogens is 326 g/mol. The fourth-order valence-corrected chi connectivity index (χ4v) is 4.39. The van der Waals surface area contributed by atoms with E-state index in [1.165, 1.54) is 9.40 Å². The summed E-state index contributed by atoms with van der Waals surface area (Å²) >= 11 is 3.21. The van der Waals surface area contributed by atoms with Gasteiger partial charge in [-0.05, 0) is 35.6 Å². The van der Waals surface area contributed by atoms with Crippen LogP contribution in [0.4, 0.5) is 5.13 Å². The maximum atomic E-state index is 4.28. The van der Waals surface area contributed by atoms with E-state index in [1.807, 2.05) is 47.5 Å². The monoisotopic (exact) mass is 340 g/mol. The quantitative estimate of drug-likeness (QED) is 0.302. The van der Waals surface area contributed by atoms with E-state index in [2.05, 4.69) is 39.7 Å². The standard InChI is InChI=1S/C16H14N5S2/c1-20-11-7-3-5-9-13(11)22-15(20)17-19-18-16-21(2)12-8-4-6-10-14(12)23-16/h3-10H,1-2H3/q+1. The van der Waals surface area contributed by atoms with Gasteiger partial charge >= 0.3 is 5.13 Å². The minimum Gasteiger partial charge on any atom is -0.318 e. The van der Waals surface area contributed by atoms with Gasteiger partial charge in [-0.1, -0.05) is 40.7 Å². The molecule has 0 aliphatic heterocycles. The van der Waals surface area contributed by atoms with Crippen LogP contribution < -0.4 is 9.37 Å². The van der Waals surface area contributed by atoms with Crippen LogP contribution in [0.25, 0.3) is 20.4 Å². The smallest absolute Gasteiger partial charge is 0.318 e. The molecule has 0 fully saturated rings. The average Bonchev–Trinajstić information content (AvgIpc) is 3.07. The fraction of sp³-hybridized carbons (Fsp3) is 0.125. The Balaban J connectivity index is 1.75. The summed E-state index contributed by atoms with van der Waals surface area (Å²) in [6.07, 6.45) is 0. The first-order valence-corrected chi connectivity index (χ1v) is 8.74. The molecule has 0 aliphatic rings. The lowest BCUT2D eigenvalue weighted by Crippen LogP contribution is -2.25. The predicted octanol–water partition coefficient (Wildman–Crippen LogP) is 3.88. The minimum atomic E-state index is 0.832. The molecule has 0 atom stereocenters. The van der Waals surface area contributed by atoms with Crippen LogP contribution in [0.3, 0.4) is 0 Å². The van der Waals surface area contributed by atoms with E-state index >= 15 is 0 Å². The van der Waals surface area contributed by atoms with Gasteiger partial charge in [-0.3, -0.25) is 0 Å². The van der Waals surface area contributed by atoms with Crippen molar-refractivity contribution in [2.75, 3.05) is 0 Å². The number of aromatic nitrogens is 2. The molecule has 0 radical (unpaired) electrons. The Hall–Kier alpha value is -2.38. The molecule has 0 aliphatic carbocycles. The van der Waals surface area contributed by atoms with Gasteiger partial charge < -0.3 is 4.57 Å². The number of hydrogen-bond donors (Lipinski definition) is 0. The summed E-state index contributed by atoms with van der Waals surface area (Å²) < 4.78 is 6.45. The van der Waals surface area contributed by atoms with Crippen molar-refractivity contribution in [1.82, 2.24) is 4.57 Å². The molecule has 2 aromatic carbocycles. The first-order chi connectivity index (χ1) is 11.2. The molecule has 114 valence electrons. The predicted molar refractivity (Wildman–Crippen MR) is 93.9 cm³/mol. The first-order valence-electron chi connectivity index (χ1n) is 7.11. The number of hydrogen-bond acceptors (Lipinski definition) is 4. The Bertz CT molecular complexity index is 1100. The molecule has 2 aromatic heterocycles. The summed E-state index contributed by atoms with van der Waals surface area (Å²) in [5, 5.41) is 13.5. The van der Waals surface area contributed by atoms with E-state index in [0.717, 1.165) is 21.0 Å². The normalized spacial score (nSPS) is 12.9. The van der Waals surface area contributed by atoms with E-state index in [0.29, 0.717) is 0 Å². The van der Waals surface area contributed by atoms with Gasteiger partial charge in [0.25, 0.3) is 0 Å². The van der Waals surface area contributed by atoms with Crippen molar-refractivity contribution < 1.29 is 4.57 Å². The number of aryl methyl sites for hydroxylation is 2. The molecule has 0 unspecified atom stereocenters. The zero-order valence-electron chi connectivity index (χ0n) is 12.7. The number of nitrogens with zero attached hydrogens (tertiary/aromatic N) is 5. The fourth-order valence-electron chi connectivity index (χ4n) is 2.45. The van der Waals surface area contributed by atoms with Gasteiger partial charge in [0.1, 0.15) is 10.6 Å². The number of fused-ring (bicyclic) bond motifs is 2. The van der Waals surface area contributed by atoms with Crippen LogP contribution in [0.2, 0.25) is 0 Å². The number of rotatable bonds is 2. The van der Waals surface area contributed by atoms with E-state index in [4.69, 9.17) is 0 Å². The molecule has 0 saturated carbocycles. The summed E-state index contributed by atoms with van der Waals surface area (Å²) in [7, 11) is 3.99. The van der Waals surface area contributed by atoms with Crippen molar-refractivity contribution in [2.24, 2.45) is 29.5 Å². The van der Waals surface area contributed by atoms with Gasteiger partial charge in [0, 0.05) is 7.05 Å². The maximum Gasteiger partial charge on any atom is 0.411 e. The molecule has 0 bridgehead atoms. The van der Waals surface area contributed by atoms with Crippen LogP contribution in [-0.2, 0) is 14.1 Å². The maximum absolute atomic E-state index is 4.28. The van der Waals surface area contributed by atoms with Crippen LogP contribution in [-0.4, -0.2) is 4.57 Å². The van der Waals surface area contributed by atoms with Crippen molar-refractivity contribution in [3.05, 3.63) is 53.3 Å². The van der Waals surface area contributed by atoms with Crippen molar-refractivity contribution in [1.29, 1.82) is 0 Å². The lowest BCUT2D eigenvalue weighted by molar-refractivity contribution is -0.627. The van der Waals surface area contributed by atoms with Gasteiger partial charge in [-0.25, -0.2) is 4.57 Å². The third kappa shape index (κ3) is 2.47. The van der Waals surface area contributed by atoms with Crippen LogP contribution >= 0.6 is 22.7 Å². The lowest BCUT2D eigenvalue weighted by Gasteiger charge is -1.91. The van der Waals surface area contributed by atoms with Gasteiger partial charge in [-0.2, -0.15) is 0 Å². The zero-order valence-corrected chi connectivity index (χ0v) is 14.3. The summed E-state index contributed by atoms with van der Waals surface area (Å²) in [6.45, 7) is 0. The van der Waals surface area contributed by atoms with Gasteiger partial charge in [0.15, 0.2) is 0 Å². The Labute approximate surface area is 140 Å². The van der Waals surface area contributed by atoms with Crippen LogP contribution in [0.15, 0.2) is 64.0 Å². The summed E-state index contributed by atoms with van der Waals surface area (Å²) in [4.78, 5) is 0.832. The van der Waals surface area contributed by atoms with Gasteiger partial charge in [0.2, 0.25) is 4.80 Å². The number of thiazole rings is 2. The molecule has 0 N–H and O–H groups in total. The highest BCUT2D eigenvalue weighted by atomic mass is 32.1. The third-order valence-electron chi connectivity index (χ3n) is 3.69. The van der Waals surface area contributed by atoms with Gasteiger partial charge in [0.05, 0.1) is 27.2 Å². The summed E-state index contributed by atoms with van der Waals surface area (Å²) in [6, 6.07) is 16.4. The minimum absolute atomic E-state index is 0.832. The highest BCUT2D eigenvalue weighted by molar-refractivity contribution is 7.21. The Kier molecular flexibility index (Phi) is 3.51. The highest BCUT2D eigenvalue weighted by Crippen LogP contribution is 2.25. The lowest BCUT2D eigenvalue weighted by atomic mass is 10.3. The Morgan fingerprint density at radius 3 is 2.48 bits per heavy atom. The topological polar surface area (TPSA) is 45.9 Å². The highest BCUT2D eigenvalue weighted by Gasteiger charge is 2.15. The molecule has 5 nitrogen and oxygen atoms in total. The van der Waals surface area contributed by atoms with E-state index < -0.39 is 0 Å². The average molecular weight is 340 g/mol. The van der Waals surface area contributed by atoms with Crippen LogP contribution in [0.1, 0.15) is 0 Å². The Morgan fingerprint density at radius 2 is 1.70 bits per heavy atom. The van der Waals surface area contributed by atoms with Crippen molar-refractivity contribution in [3.8, 4) is 0 Å². The number of para-hydroxylation sites is 2. The molecule has 7 heteroatoms. The zero-order chi connectivity index (χ0) is 15.8. The summed E-state index contributed by atoms with van der Waals surface area (Å²) in [5.74, 6) is 0. The van der Waals surface area contributed by atoms with E-state index in [1.54, 1.807) is 22.7 Å². The SMILES string of the molecule is Cn1/c(=N\N=N\c2sc3ccccc3[n+]2C)sc2ccccc21. The van der Waals surface area contributed by atoms with Crippen molar-refractivity contribution >= 4 is 48.2 Å². The second kappa shape index (κ2) is 5.68. The molecule has 0 spiro atoms. The molecule has 0 amide bonds. The molecule has 2 heterocycles. The molecular formula is C16H14N5S2+. The van der Waals surface area contributed by atoms with E-state index in [-0.39, 0.29) is 0 Å². The second-order valence-corrected chi connectivity index (χ2v) is 7.13. The van der Waals surface area contributed by atoms with Crippen molar-refractivity contribution in [3.63, 3.8) is 0 Å². The molecule has 23 heavy (non-hydrogen) atoms. The molecule has 4 rings (SSSR count). The molecule has 0 saturated heterocycles. The van der Waals surface area contributed by atoms with Gasteiger partial charge in [-0.15, -0.1) is 0 Å². The second-order valence-electron chi connectivity index (χ2n) is 5.11. The van der Waals surface area contributed by atoms with Crippen LogP contribution in [0, 0.1) is 0 Å².